The molecule has 0 aromatic heterocycles. The molecule has 0 bridgehead atoms. The second-order valence-corrected chi connectivity index (χ2v) is 2.27. The third kappa shape index (κ3) is 1.99. The summed E-state index contributed by atoms with van der Waals surface area (Å²) in [6.45, 7) is 3.59. The van der Waals surface area contributed by atoms with Gasteiger partial charge in [-0.2, -0.15) is 0 Å². The van der Waals surface area contributed by atoms with Gasteiger partial charge in [0.25, 0.3) is 7.11 Å². The van der Waals surface area contributed by atoms with Gasteiger partial charge in [-0.25, -0.2) is 4.39 Å². The normalized spacial score (nSPS) is 12.7. The summed E-state index contributed by atoms with van der Waals surface area (Å²) in [6.07, 6.45) is 1.31. The monoisotopic (exact) mass is 166 g/mol. The second-order valence-electron chi connectivity index (χ2n) is 2.27. The first-order valence-electron chi connectivity index (χ1n) is 3.42. The Balaban J connectivity index is 3.27. The molecule has 0 saturated heterocycles. The van der Waals surface area contributed by atoms with Crippen LogP contribution < -0.4 is 10.4 Å². The maximum absolute atomic E-state index is 13.0. The lowest BCUT2D eigenvalue weighted by Gasteiger charge is -1.86. The molecule has 0 aliphatic rings. The van der Waals surface area contributed by atoms with Gasteiger partial charge in [-0.05, 0) is 17.4 Å². The van der Waals surface area contributed by atoms with Crippen molar-refractivity contribution in [3.05, 3.63) is 39.0 Å². The van der Waals surface area contributed by atoms with Crippen molar-refractivity contribution in [3.63, 3.8) is 0 Å². The Morgan fingerprint density at radius 1 is 1.58 bits per heavy atom. The number of hydrogen-bond acceptors (Lipinski definition) is 1. The zero-order valence-electron chi connectivity index (χ0n) is 6.75. The van der Waals surface area contributed by atoms with Crippen molar-refractivity contribution in [3.8, 4) is 0 Å². The summed E-state index contributed by atoms with van der Waals surface area (Å²) in [4.78, 5) is 0. The minimum absolute atomic E-state index is 0.344. The molecule has 2 nitrogen and oxygen atoms in total. The van der Waals surface area contributed by atoms with Gasteiger partial charge >= 0.3 is 0 Å². The molecule has 1 rings (SSSR count). The third-order valence-electron chi connectivity index (χ3n) is 1.36. The molecule has 0 saturated carbocycles. The molecular weight excluding hydrogens is 157 g/mol. The van der Waals surface area contributed by atoms with Gasteiger partial charge in [-0.1, -0.05) is 12.6 Å². The van der Waals surface area contributed by atoms with Crippen molar-refractivity contribution in [2.45, 2.75) is 0 Å². The van der Waals surface area contributed by atoms with E-state index in [0.29, 0.717) is 10.4 Å². The zero-order chi connectivity index (χ0) is 8.97. The minimum Gasteiger partial charge on any atom is -0.206 e. The SMILES string of the molecule is C=c1cc/c(=C/N=[O+]C)c(F)c1. The summed E-state index contributed by atoms with van der Waals surface area (Å²) >= 11 is 0. The lowest BCUT2D eigenvalue weighted by molar-refractivity contribution is 0.617. The lowest BCUT2D eigenvalue weighted by atomic mass is 10.2. The first-order valence-corrected chi connectivity index (χ1v) is 3.42. The van der Waals surface area contributed by atoms with Crippen LogP contribution in [0.2, 0.25) is 0 Å². The van der Waals surface area contributed by atoms with Gasteiger partial charge in [0.05, 0.1) is 0 Å². The van der Waals surface area contributed by atoms with Crippen LogP contribution in [0.5, 0.6) is 0 Å². The molecule has 0 fully saturated rings. The summed E-state index contributed by atoms with van der Waals surface area (Å²) in [5.74, 6) is -0.344. The fourth-order valence-corrected chi connectivity index (χ4v) is 0.785. The highest BCUT2D eigenvalue weighted by Gasteiger charge is 1.91. The molecule has 0 aliphatic heterocycles. The van der Waals surface area contributed by atoms with Gasteiger partial charge in [0.2, 0.25) is 0 Å². The van der Waals surface area contributed by atoms with Crippen LogP contribution in [0.3, 0.4) is 0 Å². The van der Waals surface area contributed by atoms with Crippen LogP contribution in [-0.2, 0) is 0 Å². The van der Waals surface area contributed by atoms with E-state index in [1.54, 1.807) is 12.1 Å². The molecule has 0 aliphatic carbocycles. The molecule has 0 heterocycles. The van der Waals surface area contributed by atoms with Crippen LogP contribution in [0.15, 0.2) is 23.4 Å². The first kappa shape index (κ1) is 8.59. The predicted molar refractivity (Wildman–Crippen MR) is 47.4 cm³/mol. The van der Waals surface area contributed by atoms with Gasteiger partial charge in [0.15, 0.2) is 0 Å². The standard InChI is InChI=1S/C9H9FNO/c1-7-3-4-8(6-11-12-2)9(10)5-7/h3-6H,1H2,2H3/q+1/b8-6-. The Bertz CT molecular complexity index is 397. The second kappa shape index (κ2) is 3.76. The van der Waals surface area contributed by atoms with Crippen molar-refractivity contribution < 1.29 is 4.39 Å². The van der Waals surface area contributed by atoms with E-state index in [9.17, 15) is 4.39 Å². The number of halogens is 1. The van der Waals surface area contributed by atoms with E-state index >= 15 is 0 Å². The minimum atomic E-state index is -0.344. The highest BCUT2D eigenvalue weighted by Crippen LogP contribution is 1.82. The van der Waals surface area contributed by atoms with Gasteiger partial charge in [-0.15, -0.1) is 4.54 Å². The van der Waals surface area contributed by atoms with Crippen LogP contribution in [0, 0.1) is 10.4 Å². The fourth-order valence-electron chi connectivity index (χ4n) is 0.785. The summed E-state index contributed by atoms with van der Waals surface area (Å²) < 4.78 is 17.4. The Morgan fingerprint density at radius 2 is 2.33 bits per heavy atom. The topological polar surface area (TPSA) is 23.7 Å². The molecule has 0 amide bonds. The highest BCUT2D eigenvalue weighted by atomic mass is 19.1. The van der Waals surface area contributed by atoms with E-state index < -0.39 is 0 Å². The lowest BCUT2D eigenvalue weighted by Crippen LogP contribution is -2.11. The van der Waals surface area contributed by atoms with Crippen molar-refractivity contribution in [1.29, 1.82) is 0 Å². The van der Waals surface area contributed by atoms with Gasteiger partial charge in [-0.3, -0.25) is 0 Å². The smallest absolute Gasteiger partial charge is 0.206 e. The van der Waals surface area contributed by atoms with Crippen LogP contribution in [0.4, 0.5) is 4.39 Å². The first-order chi connectivity index (χ1) is 5.74. The van der Waals surface area contributed by atoms with Crippen molar-refractivity contribution in [2.24, 2.45) is 5.18 Å². The summed E-state index contributed by atoms with van der Waals surface area (Å²) in [7, 11) is 1.41. The number of nitroso groups, excluding NO2 is 1. The average molecular weight is 166 g/mol. The molecule has 0 spiro atoms. The van der Waals surface area contributed by atoms with Crippen LogP contribution in [0.25, 0.3) is 12.8 Å². The van der Waals surface area contributed by atoms with E-state index in [1.807, 2.05) is 0 Å². The summed E-state index contributed by atoms with van der Waals surface area (Å²) in [5.41, 5.74) is 0. The average Bonchev–Trinajstić information content (AvgIpc) is 2.03. The molecule has 62 valence electrons. The molecule has 0 unspecified atom stereocenters. The van der Waals surface area contributed by atoms with E-state index in [1.165, 1.54) is 19.4 Å². The Morgan fingerprint density at radius 3 is 2.92 bits per heavy atom. The fraction of sp³-hybridized carbons (Fsp3) is 0.111. The Hall–Kier alpha value is -1.51. The van der Waals surface area contributed by atoms with E-state index in [0.717, 1.165) is 0 Å². The largest absolute Gasteiger partial charge is 0.297 e. The van der Waals surface area contributed by atoms with Crippen molar-refractivity contribution in [1.82, 2.24) is 0 Å². The van der Waals surface area contributed by atoms with Gasteiger partial charge in [0.1, 0.15) is 17.2 Å². The van der Waals surface area contributed by atoms with E-state index in [4.69, 9.17) is 0 Å². The van der Waals surface area contributed by atoms with Crippen molar-refractivity contribution >= 4 is 12.8 Å². The van der Waals surface area contributed by atoms with Crippen LogP contribution in [-0.4, -0.2) is 7.11 Å². The van der Waals surface area contributed by atoms with Crippen LogP contribution in [0.1, 0.15) is 0 Å². The molecule has 1 aromatic carbocycles. The summed E-state index contributed by atoms with van der Waals surface area (Å²) in [6, 6.07) is 4.65. The summed E-state index contributed by atoms with van der Waals surface area (Å²) in [5, 5.41) is 4.48. The van der Waals surface area contributed by atoms with E-state index in [2.05, 4.69) is 16.3 Å². The molecule has 3 heteroatoms. The number of nitrogens with zero attached hydrogens (tertiary/aromatic N) is 1. The molecule has 0 N–H and O–H groups in total. The maximum Gasteiger partial charge on any atom is 0.297 e. The number of hydrogen-bond donors (Lipinski definition) is 0. The zero-order valence-corrected chi connectivity index (χ0v) is 6.75. The molecular formula is C9H9FNO+. The van der Waals surface area contributed by atoms with E-state index in [-0.39, 0.29) is 5.82 Å². The highest BCUT2D eigenvalue weighted by molar-refractivity contribution is 5.24. The molecule has 0 radical (unpaired) electrons. The number of benzene rings is 1. The number of rotatable bonds is 1. The van der Waals surface area contributed by atoms with Crippen molar-refractivity contribution in [2.75, 3.05) is 7.11 Å². The molecule has 1 aromatic rings. The third-order valence-corrected chi connectivity index (χ3v) is 1.36. The van der Waals surface area contributed by atoms with Crippen LogP contribution >= 0.6 is 0 Å². The maximum atomic E-state index is 13.0. The van der Waals surface area contributed by atoms with Gasteiger partial charge in [0, 0.05) is 5.22 Å². The molecule has 0 atom stereocenters. The van der Waals surface area contributed by atoms with Gasteiger partial charge < -0.3 is 0 Å². The molecule has 12 heavy (non-hydrogen) atoms. The Labute approximate surface area is 69.3 Å². The quantitative estimate of drug-likeness (QED) is 0.554. The Kier molecular flexibility index (Phi) is 2.69. The predicted octanol–water partition coefficient (Wildman–Crippen LogP) is 0.906.